The first kappa shape index (κ1) is 10.6. The first-order chi connectivity index (χ1) is 6.69. The summed E-state index contributed by atoms with van der Waals surface area (Å²) in [7, 11) is 1.69. The van der Waals surface area contributed by atoms with E-state index in [0.717, 1.165) is 23.3 Å². The van der Waals surface area contributed by atoms with Crippen molar-refractivity contribution in [1.82, 2.24) is 0 Å². The molecule has 0 aliphatic rings. The first-order valence-electron chi connectivity index (χ1n) is 4.66. The number of hydrogen-bond donors (Lipinski definition) is 0. The van der Waals surface area contributed by atoms with Gasteiger partial charge in [0.25, 0.3) is 0 Å². The van der Waals surface area contributed by atoms with E-state index in [0.29, 0.717) is 6.54 Å². The number of nitrogens with zero attached hydrogens (tertiary/aromatic N) is 1. The summed E-state index contributed by atoms with van der Waals surface area (Å²) in [5, 5.41) is 0. The van der Waals surface area contributed by atoms with Crippen molar-refractivity contribution in [2.24, 2.45) is 0 Å². The Kier molecular flexibility index (Phi) is 3.53. The average molecular weight is 189 g/mol. The summed E-state index contributed by atoms with van der Waals surface area (Å²) in [5.41, 5.74) is 3.51. The molecule has 1 aromatic rings. The minimum Gasteiger partial charge on any atom is -0.496 e. The van der Waals surface area contributed by atoms with Gasteiger partial charge >= 0.3 is 0 Å². The van der Waals surface area contributed by atoms with Crippen LogP contribution in [0.5, 0.6) is 5.75 Å². The minimum absolute atomic E-state index is 0.561. The molecule has 0 bridgehead atoms. The Morgan fingerprint density at radius 1 is 1.29 bits per heavy atom. The van der Waals surface area contributed by atoms with Crippen molar-refractivity contribution in [2.75, 3.05) is 13.7 Å². The van der Waals surface area contributed by atoms with Gasteiger partial charge in [-0.05, 0) is 30.5 Å². The van der Waals surface area contributed by atoms with Gasteiger partial charge in [0.15, 0.2) is 0 Å². The number of aryl methyl sites for hydroxylation is 2. The van der Waals surface area contributed by atoms with Gasteiger partial charge < -0.3 is 9.58 Å². The zero-order chi connectivity index (χ0) is 10.6. The van der Waals surface area contributed by atoms with Crippen LogP contribution in [0.25, 0.3) is 4.85 Å². The summed E-state index contributed by atoms with van der Waals surface area (Å²) >= 11 is 0. The Morgan fingerprint density at radius 3 is 2.29 bits per heavy atom. The SMILES string of the molecule is [C-]#[N+]CCc1cc(C)c(OC)c(C)c1. The topological polar surface area (TPSA) is 13.6 Å². The predicted molar refractivity (Wildman–Crippen MR) is 57.6 cm³/mol. The lowest BCUT2D eigenvalue weighted by Gasteiger charge is -2.09. The number of ether oxygens (including phenoxy) is 1. The highest BCUT2D eigenvalue weighted by Gasteiger charge is 2.05. The summed E-state index contributed by atoms with van der Waals surface area (Å²) in [6.45, 7) is 11.4. The molecule has 0 saturated carbocycles. The quantitative estimate of drug-likeness (QED) is 0.667. The van der Waals surface area contributed by atoms with E-state index in [1.54, 1.807) is 7.11 Å². The Labute approximate surface area is 85.3 Å². The number of hydrogen-bond acceptors (Lipinski definition) is 1. The fraction of sp³-hybridized carbons (Fsp3) is 0.417. The summed E-state index contributed by atoms with van der Waals surface area (Å²) in [6.07, 6.45) is 0.829. The molecule has 0 aliphatic carbocycles. The van der Waals surface area contributed by atoms with Gasteiger partial charge in [-0.25, -0.2) is 6.57 Å². The molecule has 74 valence electrons. The monoisotopic (exact) mass is 189 g/mol. The highest BCUT2D eigenvalue weighted by Crippen LogP contribution is 2.24. The molecule has 0 amide bonds. The maximum Gasteiger partial charge on any atom is 0.218 e. The Hall–Kier alpha value is -1.49. The van der Waals surface area contributed by atoms with E-state index in [1.165, 1.54) is 5.56 Å². The van der Waals surface area contributed by atoms with Crippen molar-refractivity contribution in [3.8, 4) is 5.75 Å². The van der Waals surface area contributed by atoms with Crippen LogP contribution in [0, 0.1) is 20.4 Å². The fourth-order valence-corrected chi connectivity index (χ4v) is 1.69. The van der Waals surface area contributed by atoms with Crippen LogP contribution < -0.4 is 4.74 Å². The third-order valence-electron chi connectivity index (χ3n) is 2.24. The van der Waals surface area contributed by atoms with Gasteiger partial charge in [-0.3, -0.25) is 0 Å². The second-order valence-electron chi connectivity index (χ2n) is 3.39. The standard InChI is InChI=1S/C12H15NO/c1-9-7-11(5-6-13-3)8-10(2)12(9)14-4/h7-8H,5-6H2,1-2,4H3. The van der Waals surface area contributed by atoms with Gasteiger partial charge in [-0.15, -0.1) is 0 Å². The summed E-state index contributed by atoms with van der Waals surface area (Å²) in [5.74, 6) is 0.955. The largest absolute Gasteiger partial charge is 0.496 e. The van der Waals surface area contributed by atoms with Crippen LogP contribution in [0.1, 0.15) is 16.7 Å². The number of methoxy groups -OCH3 is 1. The summed E-state index contributed by atoms with van der Waals surface area (Å²) < 4.78 is 5.27. The third-order valence-corrected chi connectivity index (χ3v) is 2.24. The molecule has 0 unspecified atom stereocenters. The van der Waals surface area contributed by atoms with Crippen molar-refractivity contribution in [3.05, 3.63) is 40.2 Å². The minimum atomic E-state index is 0.561. The molecule has 14 heavy (non-hydrogen) atoms. The van der Waals surface area contributed by atoms with Gasteiger partial charge in [-0.2, -0.15) is 0 Å². The highest BCUT2D eigenvalue weighted by atomic mass is 16.5. The van der Waals surface area contributed by atoms with Crippen LogP contribution in [-0.4, -0.2) is 13.7 Å². The van der Waals surface area contributed by atoms with Crippen LogP contribution in [0.15, 0.2) is 12.1 Å². The molecule has 1 rings (SSSR count). The zero-order valence-electron chi connectivity index (χ0n) is 8.92. The molecule has 0 aliphatic heterocycles. The van der Waals surface area contributed by atoms with E-state index in [1.807, 2.05) is 13.8 Å². The highest BCUT2D eigenvalue weighted by molar-refractivity contribution is 5.43. The van der Waals surface area contributed by atoms with Crippen molar-refractivity contribution >= 4 is 0 Å². The van der Waals surface area contributed by atoms with E-state index in [2.05, 4.69) is 17.0 Å². The van der Waals surface area contributed by atoms with E-state index in [-0.39, 0.29) is 0 Å². The number of benzene rings is 1. The lowest BCUT2D eigenvalue weighted by Crippen LogP contribution is -1.95. The maximum atomic E-state index is 6.74. The molecule has 0 heterocycles. The predicted octanol–water partition coefficient (Wildman–Crippen LogP) is 2.77. The van der Waals surface area contributed by atoms with E-state index < -0.39 is 0 Å². The van der Waals surface area contributed by atoms with Crippen LogP contribution in [0.3, 0.4) is 0 Å². The molecule has 0 N–H and O–H groups in total. The van der Waals surface area contributed by atoms with Crippen molar-refractivity contribution in [1.29, 1.82) is 0 Å². The Morgan fingerprint density at radius 2 is 1.86 bits per heavy atom. The van der Waals surface area contributed by atoms with Crippen LogP contribution in [0.4, 0.5) is 0 Å². The van der Waals surface area contributed by atoms with Crippen molar-refractivity contribution < 1.29 is 4.74 Å². The first-order valence-corrected chi connectivity index (χ1v) is 4.66. The molecule has 2 heteroatoms. The Bertz CT molecular complexity index is 340. The fourth-order valence-electron chi connectivity index (χ4n) is 1.69. The molecule has 2 nitrogen and oxygen atoms in total. The lowest BCUT2D eigenvalue weighted by molar-refractivity contribution is 0.408. The van der Waals surface area contributed by atoms with Gasteiger partial charge in [0.05, 0.1) is 7.11 Å². The Balaban J connectivity index is 2.97. The smallest absolute Gasteiger partial charge is 0.218 e. The molecule has 0 radical (unpaired) electrons. The molecule has 0 atom stereocenters. The van der Waals surface area contributed by atoms with Crippen molar-refractivity contribution in [3.63, 3.8) is 0 Å². The van der Waals surface area contributed by atoms with Crippen LogP contribution in [0.2, 0.25) is 0 Å². The van der Waals surface area contributed by atoms with Gasteiger partial charge in [-0.1, -0.05) is 12.1 Å². The zero-order valence-corrected chi connectivity index (χ0v) is 8.92. The molecule has 0 fully saturated rings. The molecule has 0 spiro atoms. The summed E-state index contributed by atoms with van der Waals surface area (Å²) in [6, 6.07) is 4.19. The third kappa shape index (κ3) is 2.26. The second kappa shape index (κ2) is 4.66. The van der Waals surface area contributed by atoms with E-state index >= 15 is 0 Å². The van der Waals surface area contributed by atoms with Crippen molar-refractivity contribution in [2.45, 2.75) is 20.3 Å². The van der Waals surface area contributed by atoms with Gasteiger partial charge in [0, 0.05) is 6.42 Å². The summed E-state index contributed by atoms with van der Waals surface area (Å²) in [4.78, 5) is 3.35. The molecular formula is C12H15NO. The molecule has 1 aromatic carbocycles. The lowest BCUT2D eigenvalue weighted by atomic mass is 10.0. The average Bonchev–Trinajstić information content (AvgIpc) is 2.14. The van der Waals surface area contributed by atoms with Crippen LogP contribution in [-0.2, 0) is 6.42 Å². The number of rotatable bonds is 3. The molecular weight excluding hydrogens is 174 g/mol. The maximum absolute atomic E-state index is 6.74. The van der Waals surface area contributed by atoms with Gasteiger partial charge in [0.1, 0.15) is 5.75 Å². The van der Waals surface area contributed by atoms with E-state index in [9.17, 15) is 0 Å². The normalized spacial score (nSPS) is 9.57. The van der Waals surface area contributed by atoms with E-state index in [4.69, 9.17) is 11.3 Å². The second-order valence-corrected chi connectivity index (χ2v) is 3.39. The molecule has 0 saturated heterocycles. The molecule has 0 aromatic heterocycles. The van der Waals surface area contributed by atoms with Gasteiger partial charge in [0.2, 0.25) is 6.54 Å². The van der Waals surface area contributed by atoms with Crippen LogP contribution >= 0.6 is 0 Å².